The molecule has 0 aliphatic carbocycles. The van der Waals surface area contributed by atoms with Crippen LogP contribution in [0.5, 0.6) is 0 Å². The molecule has 2 saturated heterocycles. The number of ether oxygens (including phenoxy) is 4. The van der Waals surface area contributed by atoms with Crippen LogP contribution in [-0.4, -0.2) is 117 Å². The van der Waals surface area contributed by atoms with Crippen LogP contribution in [0.1, 0.15) is 0 Å². The molecule has 0 bridgehead atoms. The Hall–Kier alpha value is -0.440. The molecule has 2 aliphatic heterocycles. The highest BCUT2D eigenvalue weighted by atomic mass is 16.7. The fourth-order valence-electron chi connectivity index (χ4n) is 2.74. The van der Waals surface area contributed by atoms with Gasteiger partial charge in [-0.05, 0) is 0 Å². The van der Waals surface area contributed by atoms with Crippen LogP contribution in [0.4, 0.5) is 0 Å². The zero-order chi connectivity index (χ0) is 18.0. The Labute approximate surface area is 137 Å². The van der Waals surface area contributed by atoms with E-state index in [1.807, 2.05) is 0 Å². The van der Waals surface area contributed by atoms with Crippen LogP contribution in [0.25, 0.3) is 0 Å². The minimum atomic E-state index is -1.67. The third-order valence-corrected chi connectivity index (χ3v) is 4.11. The molecule has 0 amide bonds. The topological polar surface area (TPSA) is 179 Å². The van der Waals surface area contributed by atoms with Gasteiger partial charge in [0.1, 0.15) is 48.8 Å². The van der Waals surface area contributed by atoms with Crippen molar-refractivity contribution in [2.75, 3.05) is 20.3 Å². The van der Waals surface area contributed by atoms with Crippen LogP contribution in [0.3, 0.4) is 0 Å². The van der Waals surface area contributed by atoms with E-state index in [0.717, 1.165) is 0 Å². The van der Waals surface area contributed by atoms with Crippen LogP contribution in [0.15, 0.2) is 0 Å². The summed E-state index contributed by atoms with van der Waals surface area (Å²) in [6.45, 7) is -0.800. The van der Waals surface area contributed by atoms with Crippen molar-refractivity contribution in [3.63, 3.8) is 0 Å². The van der Waals surface area contributed by atoms with Gasteiger partial charge in [-0.25, -0.2) is 0 Å². The first-order valence-corrected chi connectivity index (χ1v) is 7.46. The first kappa shape index (κ1) is 19.9. The van der Waals surface area contributed by atoms with Crippen molar-refractivity contribution in [3.8, 4) is 0 Å². The van der Waals surface area contributed by atoms with E-state index in [-0.39, 0.29) is 6.61 Å². The Morgan fingerprint density at radius 1 is 0.958 bits per heavy atom. The van der Waals surface area contributed by atoms with Crippen molar-refractivity contribution in [1.82, 2.24) is 0 Å². The molecule has 11 nitrogen and oxygen atoms in total. The molecule has 24 heavy (non-hydrogen) atoms. The minimum Gasteiger partial charge on any atom is -0.394 e. The first-order valence-electron chi connectivity index (χ1n) is 7.46. The quantitative estimate of drug-likeness (QED) is 0.243. The predicted octanol–water partition coefficient (Wildman–Crippen LogP) is -4.74. The van der Waals surface area contributed by atoms with Crippen molar-refractivity contribution < 1.29 is 54.7 Å². The van der Waals surface area contributed by atoms with E-state index in [1.54, 1.807) is 0 Å². The van der Waals surface area contributed by atoms with Crippen LogP contribution in [0, 0.1) is 0 Å². The summed E-state index contributed by atoms with van der Waals surface area (Å²) in [4.78, 5) is 0. The second kappa shape index (κ2) is 8.29. The third kappa shape index (κ3) is 3.86. The molecule has 2 heterocycles. The molecule has 2 fully saturated rings. The summed E-state index contributed by atoms with van der Waals surface area (Å²) in [6.07, 6.45) is -14.6. The minimum absolute atomic E-state index is 0.0899. The molecule has 0 aromatic heterocycles. The van der Waals surface area contributed by atoms with Crippen LogP contribution in [0.2, 0.25) is 0 Å². The highest BCUT2D eigenvalue weighted by molar-refractivity contribution is 4.94. The molecule has 0 aromatic carbocycles. The Morgan fingerprint density at radius 2 is 1.62 bits per heavy atom. The van der Waals surface area contributed by atoms with Crippen LogP contribution >= 0.6 is 0 Å². The molecule has 2 rings (SSSR count). The van der Waals surface area contributed by atoms with E-state index in [0.29, 0.717) is 0 Å². The first-order chi connectivity index (χ1) is 11.3. The monoisotopic (exact) mass is 356 g/mol. The van der Waals surface area contributed by atoms with Gasteiger partial charge in [-0.2, -0.15) is 0 Å². The normalized spacial score (nSPS) is 47.8. The summed E-state index contributed by atoms with van der Waals surface area (Å²) in [5.74, 6) is 0. The second-order valence-electron chi connectivity index (χ2n) is 5.80. The lowest BCUT2D eigenvalue weighted by molar-refractivity contribution is -0.322. The summed E-state index contributed by atoms with van der Waals surface area (Å²) in [6, 6.07) is 0. The van der Waals surface area contributed by atoms with Gasteiger partial charge in [-0.3, -0.25) is 0 Å². The summed E-state index contributed by atoms with van der Waals surface area (Å²) in [7, 11) is 1.35. The smallest absolute Gasteiger partial charge is 0.187 e. The average Bonchev–Trinajstić information content (AvgIpc) is 2.84. The summed E-state index contributed by atoms with van der Waals surface area (Å²) < 4.78 is 20.3. The van der Waals surface area contributed by atoms with E-state index < -0.39 is 68.0 Å². The number of rotatable bonds is 6. The summed E-state index contributed by atoms with van der Waals surface area (Å²) in [5, 5.41) is 68.1. The molecule has 0 radical (unpaired) electrons. The van der Waals surface area contributed by atoms with Gasteiger partial charge in [0, 0.05) is 7.11 Å². The number of hydrogen-bond acceptors (Lipinski definition) is 11. The SMILES string of the molecule is COCC1OC(O)C(O)C(OC2OC(C(O)CO)C(O)C2O)C1O. The molecule has 7 N–H and O–H groups in total. The van der Waals surface area contributed by atoms with Gasteiger partial charge < -0.3 is 54.7 Å². The van der Waals surface area contributed by atoms with Gasteiger partial charge in [-0.1, -0.05) is 0 Å². The summed E-state index contributed by atoms with van der Waals surface area (Å²) in [5.41, 5.74) is 0. The standard InChI is InChI=1S/C13H24O11/c1-21-3-5-6(16)11(9(19)12(20)22-5)24-13-8(18)7(17)10(23-13)4(15)2-14/h4-20H,2-3H2,1H3. The molecule has 10 atom stereocenters. The van der Waals surface area contributed by atoms with Crippen LogP contribution in [-0.2, 0) is 18.9 Å². The van der Waals surface area contributed by atoms with Gasteiger partial charge in [0.2, 0.25) is 0 Å². The van der Waals surface area contributed by atoms with Crippen molar-refractivity contribution in [2.24, 2.45) is 0 Å². The Kier molecular flexibility index (Phi) is 6.87. The molecule has 0 spiro atoms. The lowest BCUT2D eigenvalue weighted by Crippen LogP contribution is -2.60. The van der Waals surface area contributed by atoms with Gasteiger partial charge in [0.25, 0.3) is 0 Å². The average molecular weight is 356 g/mol. The van der Waals surface area contributed by atoms with Gasteiger partial charge in [0.05, 0.1) is 13.2 Å². The van der Waals surface area contributed by atoms with Gasteiger partial charge in [-0.15, -0.1) is 0 Å². The third-order valence-electron chi connectivity index (χ3n) is 4.11. The highest BCUT2D eigenvalue weighted by Crippen LogP contribution is 2.30. The fraction of sp³-hybridized carbons (Fsp3) is 1.00. The highest BCUT2D eigenvalue weighted by Gasteiger charge is 2.51. The van der Waals surface area contributed by atoms with Crippen molar-refractivity contribution in [1.29, 1.82) is 0 Å². The van der Waals surface area contributed by atoms with E-state index in [1.165, 1.54) is 7.11 Å². The molecule has 142 valence electrons. The van der Waals surface area contributed by atoms with Crippen molar-refractivity contribution in [3.05, 3.63) is 0 Å². The largest absolute Gasteiger partial charge is 0.394 e. The molecule has 0 saturated carbocycles. The van der Waals surface area contributed by atoms with Gasteiger partial charge in [0.15, 0.2) is 12.6 Å². The molecule has 0 aromatic rings. The Morgan fingerprint density at radius 3 is 2.21 bits per heavy atom. The molecular weight excluding hydrogens is 332 g/mol. The molecule has 11 heteroatoms. The lowest BCUT2D eigenvalue weighted by Gasteiger charge is -2.41. The summed E-state index contributed by atoms with van der Waals surface area (Å²) >= 11 is 0. The van der Waals surface area contributed by atoms with Gasteiger partial charge >= 0.3 is 0 Å². The Balaban J connectivity index is 2.07. The Bertz CT molecular complexity index is 396. The lowest BCUT2D eigenvalue weighted by atomic mass is 9.99. The molecule has 2 aliphatic rings. The zero-order valence-electron chi connectivity index (χ0n) is 13.0. The predicted molar refractivity (Wildman–Crippen MR) is 73.4 cm³/mol. The maximum atomic E-state index is 10.2. The second-order valence-corrected chi connectivity index (χ2v) is 5.80. The maximum Gasteiger partial charge on any atom is 0.187 e. The number of hydrogen-bond donors (Lipinski definition) is 7. The molecular formula is C13H24O11. The van der Waals surface area contributed by atoms with E-state index in [9.17, 15) is 30.6 Å². The van der Waals surface area contributed by atoms with Crippen LogP contribution < -0.4 is 0 Å². The fourth-order valence-corrected chi connectivity index (χ4v) is 2.74. The van der Waals surface area contributed by atoms with Crippen molar-refractivity contribution in [2.45, 2.75) is 61.4 Å². The maximum absolute atomic E-state index is 10.2. The van der Waals surface area contributed by atoms with E-state index >= 15 is 0 Å². The zero-order valence-corrected chi connectivity index (χ0v) is 13.0. The number of aliphatic hydroxyl groups excluding tert-OH is 7. The van der Waals surface area contributed by atoms with E-state index in [4.69, 9.17) is 24.1 Å². The van der Waals surface area contributed by atoms with E-state index in [2.05, 4.69) is 0 Å². The number of methoxy groups -OCH3 is 1. The number of aliphatic hydroxyl groups is 7. The molecule has 10 unspecified atom stereocenters. The van der Waals surface area contributed by atoms with Crippen molar-refractivity contribution >= 4 is 0 Å².